The number of aliphatic carboxylic acids is 1. The molecule has 2 unspecified atom stereocenters. The maximum atomic E-state index is 12.5. The van der Waals surface area contributed by atoms with Gasteiger partial charge in [0.25, 0.3) is 0 Å². The third-order valence-electron chi connectivity index (χ3n) is 4.74. The molecular formula is C15H26N2O4. The van der Waals surface area contributed by atoms with Gasteiger partial charge in [0.1, 0.15) is 5.54 Å². The van der Waals surface area contributed by atoms with Crippen molar-refractivity contribution < 1.29 is 19.4 Å². The number of rotatable bonds is 3. The summed E-state index contributed by atoms with van der Waals surface area (Å²) in [4.78, 5) is 25.6. The molecule has 0 aliphatic carbocycles. The van der Waals surface area contributed by atoms with Crippen LogP contribution in [-0.4, -0.2) is 52.3 Å². The Morgan fingerprint density at radius 1 is 1.43 bits per heavy atom. The quantitative estimate of drug-likeness (QED) is 0.835. The summed E-state index contributed by atoms with van der Waals surface area (Å²) in [6, 6.07) is -0.204. The van der Waals surface area contributed by atoms with E-state index >= 15 is 0 Å². The zero-order valence-corrected chi connectivity index (χ0v) is 13.1. The van der Waals surface area contributed by atoms with Gasteiger partial charge in [-0.15, -0.1) is 0 Å². The molecule has 2 N–H and O–H groups in total. The van der Waals surface area contributed by atoms with Gasteiger partial charge in [0.05, 0.1) is 5.60 Å². The number of carboxylic acids is 1. The summed E-state index contributed by atoms with van der Waals surface area (Å²) in [5, 5.41) is 12.5. The molecule has 6 heteroatoms. The average molecular weight is 298 g/mol. The highest BCUT2D eigenvalue weighted by atomic mass is 16.5. The van der Waals surface area contributed by atoms with Crippen LogP contribution in [0.1, 0.15) is 52.9 Å². The molecule has 2 aliphatic heterocycles. The van der Waals surface area contributed by atoms with Crippen LogP contribution in [0.5, 0.6) is 0 Å². The highest BCUT2D eigenvalue weighted by molar-refractivity contribution is 5.87. The summed E-state index contributed by atoms with van der Waals surface area (Å²) in [5.41, 5.74) is -1.28. The fourth-order valence-electron chi connectivity index (χ4n) is 3.52. The number of likely N-dealkylation sites (tertiary alicyclic amines) is 1. The highest BCUT2D eigenvalue weighted by Gasteiger charge is 2.49. The van der Waals surface area contributed by atoms with Gasteiger partial charge >= 0.3 is 12.0 Å². The van der Waals surface area contributed by atoms with Gasteiger partial charge in [0.2, 0.25) is 0 Å². The Morgan fingerprint density at radius 3 is 2.71 bits per heavy atom. The summed E-state index contributed by atoms with van der Waals surface area (Å²) in [7, 11) is 0. The molecule has 0 saturated carbocycles. The van der Waals surface area contributed by atoms with Crippen molar-refractivity contribution in [1.82, 2.24) is 10.2 Å². The lowest BCUT2D eigenvalue weighted by Gasteiger charge is -2.39. The van der Waals surface area contributed by atoms with Crippen molar-refractivity contribution in [2.24, 2.45) is 0 Å². The molecule has 2 saturated heterocycles. The van der Waals surface area contributed by atoms with Crippen molar-refractivity contribution in [3.05, 3.63) is 0 Å². The fraction of sp³-hybridized carbons (Fsp3) is 0.867. The maximum Gasteiger partial charge on any atom is 0.329 e. The van der Waals surface area contributed by atoms with E-state index in [4.69, 9.17) is 4.74 Å². The Hall–Kier alpha value is -1.30. The van der Waals surface area contributed by atoms with Crippen LogP contribution < -0.4 is 5.32 Å². The molecule has 2 aliphatic rings. The molecule has 120 valence electrons. The largest absolute Gasteiger partial charge is 0.479 e. The molecule has 0 bridgehead atoms. The SMILES string of the molecule is CCC1(C(=O)O)CCCN1C(=O)NC1CCOC(C)(C)C1. The molecule has 2 fully saturated rings. The molecule has 0 aromatic rings. The lowest BCUT2D eigenvalue weighted by atomic mass is 9.92. The third-order valence-corrected chi connectivity index (χ3v) is 4.74. The molecule has 2 amide bonds. The molecule has 2 rings (SSSR count). The van der Waals surface area contributed by atoms with E-state index in [1.54, 1.807) is 0 Å². The molecule has 21 heavy (non-hydrogen) atoms. The second-order valence-corrected chi connectivity index (χ2v) is 6.69. The zero-order chi connectivity index (χ0) is 15.7. The van der Waals surface area contributed by atoms with Gasteiger partial charge in [0.15, 0.2) is 0 Å². The third kappa shape index (κ3) is 3.15. The lowest BCUT2D eigenvalue weighted by Crippen LogP contribution is -2.58. The molecule has 2 heterocycles. The first-order chi connectivity index (χ1) is 9.81. The van der Waals surface area contributed by atoms with Crippen molar-refractivity contribution in [3.63, 3.8) is 0 Å². The van der Waals surface area contributed by atoms with Gasteiger partial charge in [-0.05, 0) is 46.0 Å². The summed E-state index contributed by atoms with van der Waals surface area (Å²) in [6.07, 6.45) is 3.24. The molecule has 0 aromatic carbocycles. The normalized spacial score (nSPS) is 32.0. The smallest absolute Gasteiger partial charge is 0.329 e. The van der Waals surface area contributed by atoms with Gasteiger partial charge in [0, 0.05) is 19.2 Å². The van der Waals surface area contributed by atoms with Crippen LogP contribution in [0.25, 0.3) is 0 Å². The predicted octanol–water partition coefficient (Wildman–Crippen LogP) is 1.98. The maximum absolute atomic E-state index is 12.5. The van der Waals surface area contributed by atoms with Gasteiger partial charge < -0.3 is 20.1 Å². The van der Waals surface area contributed by atoms with Crippen LogP contribution >= 0.6 is 0 Å². The molecule has 0 radical (unpaired) electrons. The fourth-order valence-corrected chi connectivity index (χ4v) is 3.52. The summed E-state index contributed by atoms with van der Waals surface area (Å²) >= 11 is 0. The molecule has 6 nitrogen and oxygen atoms in total. The van der Waals surface area contributed by atoms with E-state index in [0.717, 1.165) is 19.3 Å². The monoisotopic (exact) mass is 298 g/mol. The molecular weight excluding hydrogens is 272 g/mol. The van der Waals surface area contributed by atoms with Crippen LogP contribution in [0.4, 0.5) is 4.79 Å². The standard InChI is InChI=1S/C15H26N2O4/c1-4-15(12(18)19)7-5-8-17(15)13(20)16-11-6-9-21-14(2,3)10-11/h11H,4-10H2,1-3H3,(H,16,20)(H,18,19). The Morgan fingerprint density at radius 2 is 2.14 bits per heavy atom. The van der Waals surface area contributed by atoms with Crippen LogP contribution in [0, 0.1) is 0 Å². The highest BCUT2D eigenvalue weighted by Crippen LogP contribution is 2.33. The number of carboxylic acid groups (broad SMARTS) is 1. The minimum atomic E-state index is -1.04. The van der Waals surface area contributed by atoms with Gasteiger partial charge in [-0.25, -0.2) is 9.59 Å². The van der Waals surface area contributed by atoms with E-state index in [9.17, 15) is 14.7 Å². The topological polar surface area (TPSA) is 78.9 Å². The number of nitrogens with zero attached hydrogens (tertiary/aromatic N) is 1. The number of ether oxygens (including phenoxy) is 1. The second-order valence-electron chi connectivity index (χ2n) is 6.69. The number of carbonyl (C=O) groups is 2. The minimum absolute atomic E-state index is 0.0465. The number of amides is 2. The van der Waals surface area contributed by atoms with E-state index in [1.807, 2.05) is 20.8 Å². The van der Waals surface area contributed by atoms with Crippen LogP contribution in [0.2, 0.25) is 0 Å². The van der Waals surface area contributed by atoms with Crippen molar-refractivity contribution in [3.8, 4) is 0 Å². The Kier molecular flexibility index (Phi) is 4.46. The minimum Gasteiger partial charge on any atom is -0.479 e. The van der Waals surface area contributed by atoms with Crippen molar-refractivity contribution in [2.45, 2.75) is 70.1 Å². The first kappa shape index (κ1) is 16.1. The summed E-state index contributed by atoms with van der Waals surface area (Å²) in [6.45, 7) is 6.98. The number of hydrogen-bond acceptors (Lipinski definition) is 3. The molecule has 0 aromatic heterocycles. The van der Waals surface area contributed by atoms with Crippen LogP contribution in [0.15, 0.2) is 0 Å². The van der Waals surface area contributed by atoms with Crippen molar-refractivity contribution in [1.29, 1.82) is 0 Å². The zero-order valence-electron chi connectivity index (χ0n) is 13.1. The molecule has 2 atom stereocenters. The van der Waals surface area contributed by atoms with E-state index in [-0.39, 0.29) is 17.7 Å². The summed E-state index contributed by atoms with van der Waals surface area (Å²) in [5.74, 6) is -0.898. The second kappa shape index (κ2) is 5.83. The van der Waals surface area contributed by atoms with Gasteiger partial charge in [-0.1, -0.05) is 6.92 Å². The number of urea groups is 1. The lowest BCUT2D eigenvalue weighted by molar-refractivity contribution is -0.148. The summed E-state index contributed by atoms with van der Waals surface area (Å²) < 4.78 is 5.64. The Labute approximate surface area is 125 Å². The van der Waals surface area contributed by atoms with Gasteiger partial charge in [-0.2, -0.15) is 0 Å². The van der Waals surface area contributed by atoms with E-state index in [2.05, 4.69) is 5.32 Å². The number of nitrogens with one attached hydrogen (secondary N) is 1. The molecule has 0 spiro atoms. The van der Waals surface area contributed by atoms with E-state index < -0.39 is 11.5 Å². The van der Waals surface area contributed by atoms with Crippen molar-refractivity contribution in [2.75, 3.05) is 13.2 Å². The number of carbonyl (C=O) groups excluding carboxylic acids is 1. The van der Waals surface area contributed by atoms with Crippen LogP contribution in [-0.2, 0) is 9.53 Å². The Balaban J connectivity index is 2.04. The van der Waals surface area contributed by atoms with Crippen molar-refractivity contribution >= 4 is 12.0 Å². The Bertz CT molecular complexity index is 424. The average Bonchev–Trinajstić information content (AvgIpc) is 2.82. The first-order valence-corrected chi connectivity index (χ1v) is 7.76. The van der Waals surface area contributed by atoms with Gasteiger partial charge in [-0.3, -0.25) is 0 Å². The number of hydrogen-bond donors (Lipinski definition) is 2. The predicted molar refractivity (Wildman–Crippen MR) is 78.2 cm³/mol. The van der Waals surface area contributed by atoms with Crippen LogP contribution in [0.3, 0.4) is 0 Å². The van der Waals surface area contributed by atoms with E-state index in [0.29, 0.717) is 26.0 Å². The first-order valence-electron chi connectivity index (χ1n) is 7.76. The van der Waals surface area contributed by atoms with E-state index in [1.165, 1.54) is 4.90 Å².